The normalized spacial score (nSPS) is 14.0. The van der Waals surface area contributed by atoms with Gasteiger partial charge < -0.3 is 15.1 Å². The molecular formula is C23H24N4O. The number of carbonyl (C=O) groups excluding carboxylic acids is 1. The van der Waals surface area contributed by atoms with E-state index in [9.17, 15) is 4.79 Å². The monoisotopic (exact) mass is 372 g/mol. The zero-order valence-corrected chi connectivity index (χ0v) is 16.0. The Morgan fingerprint density at radius 2 is 1.57 bits per heavy atom. The Morgan fingerprint density at radius 3 is 2.29 bits per heavy atom. The van der Waals surface area contributed by atoms with Crippen molar-refractivity contribution in [2.75, 3.05) is 41.3 Å². The molecule has 0 radical (unpaired) electrons. The predicted octanol–water partition coefficient (Wildman–Crippen LogP) is 3.97. The molecule has 3 aromatic rings. The van der Waals surface area contributed by atoms with Gasteiger partial charge in [-0.1, -0.05) is 30.3 Å². The van der Waals surface area contributed by atoms with Gasteiger partial charge >= 0.3 is 0 Å². The second-order valence-corrected chi connectivity index (χ2v) is 7.07. The van der Waals surface area contributed by atoms with Crippen LogP contribution in [-0.4, -0.2) is 37.1 Å². The molecule has 4 rings (SSSR count). The van der Waals surface area contributed by atoms with E-state index in [-0.39, 0.29) is 5.91 Å². The van der Waals surface area contributed by atoms with E-state index in [2.05, 4.69) is 44.4 Å². The van der Waals surface area contributed by atoms with Gasteiger partial charge in [0.05, 0.1) is 17.4 Å². The molecule has 0 atom stereocenters. The number of aromatic nitrogens is 1. The fraction of sp³-hybridized carbons (Fsp3) is 0.217. The molecule has 5 heteroatoms. The van der Waals surface area contributed by atoms with Crippen LogP contribution in [0.2, 0.25) is 0 Å². The maximum Gasteiger partial charge on any atom is 0.257 e. The first-order valence-corrected chi connectivity index (χ1v) is 9.57. The fourth-order valence-electron chi connectivity index (χ4n) is 3.51. The van der Waals surface area contributed by atoms with E-state index in [1.807, 2.05) is 49.5 Å². The molecule has 0 aliphatic carbocycles. The lowest BCUT2D eigenvalue weighted by Gasteiger charge is -2.37. The van der Waals surface area contributed by atoms with E-state index in [1.54, 1.807) is 6.20 Å². The van der Waals surface area contributed by atoms with Crippen LogP contribution in [0.3, 0.4) is 0 Å². The first-order chi connectivity index (χ1) is 13.7. The first-order valence-electron chi connectivity index (χ1n) is 9.57. The van der Waals surface area contributed by atoms with Crippen LogP contribution in [-0.2, 0) is 0 Å². The van der Waals surface area contributed by atoms with Crippen LogP contribution in [0.4, 0.5) is 17.1 Å². The van der Waals surface area contributed by atoms with Gasteiger partial charge in [0.25, 0.3) is 5.91 Å². The Bertz CT molecular complexity index is 950. The number of nitrogens with one attached hydrogen (secondary N) is 1. The van der Waals surface area contributed by atoms with Crippen LogP contribution in [0.5, 0.6) is 0 Å². The van der Waals surface area contributed by atoms with E-state index < -0.39 is 0 Å². The van der Waals surface area contributed by atoms with Crippen molar-refractivity contribution in [2.24, 2.45) is 0 Å². The van der Waals surface area contributed by atoms with Gasteiger partial charge in [-0.05, 0) is 42.8 Å². The predicted molar refractivity (Wildman–Crippen MR) is 114 cm³/mol. The Balaban J connectivity index is 1.42. The smallest absolute Gasteiger partial charge is 0.257 e. The van der Waals surface area contributed by atoms with Crippen molar-refractivity contribution in [3.8, 4) is 0 Å². The maximum absolute atomic E-state index is 12.6. The van der Waals surface area contributed by atoms with Gasteiger partial charge in [0, 0.05) is 43.8 Å². The molecular weight excluding hydrogens is 348 g/mol. The summed E-state index contributed by atoms with van der Waals surface area (Å²) in [6.45, 7) is 5.71. The minimum atomic E-state index is -0.136. The number of anilines is 3. The molecule has 1 aliphatic rings. The number of piperazine rings is 1. The number of hydrogen-bond donors (Lipinski definition) is 1. The van der Waals surface area contributed by atoms with Crippen LogP contribution in [0.15, 0.2) is 73.1 Å². The molecule has 1 amide bonds. The van der Waals surface area contributed by atoms with Crippen molar-refractivity contribution >= 4 is 23.0 Å². The van der Waals surface area contributed by atoms with E-state index in [0.29, 0.717) is 5.56 Å². The molecule has 1 N–H and O–H groups in total. The molecule has 1 saturated heterocycles. The van der Waals surface area contributed by atoms with Gasteiger partial charge in [0.15, 0.2) is 0 Å². The zero-order valence-electron chi connectivity index (χ0n) is 16.0. The molecule has 2 heterocycles. The highest BCUT2D eigenvalue weighted by molar-refractivity contribution is 6.04. The summed E-state index contributed by atoms with van der Waals surface area (Å²) < 4.78 is 0. The number of para-hydroxylation sites is 1. The molecule has 0 bridgehead atoms. The van der Waals surface area contributed by atoms with Crippen LogP contribution in [0, 0.1) is 6.92 Å². The summed E-state index contributed by atoms with van der Waals surface area (Å²) in [6.07, 6.45) is 3.45. The van der Waals surface area contributed by atoms with E-state index in [4.69, 9.17) is 0 Å². The van der Waals surface area contributed by atoms with Crippen LogP contribution < -0.4 is 15.1 Å². The van der Waals surface area contributed by atoms with Gasteiger partial charge in [-0.2, -0.15) is 0 Å². The lowest BCUT2D eigenvalue weighted by atomic mass is 10.2. The second kappa shape index (κ2) is 8.13. The molecule has 28 heavy (non-hydrogen) atoms. The molecule has 2 aromatic carbocycles. The average molecular weight is 372 g/mol. The van der Waals surface area contributed by atoms with Crippen molar-refractivity contribution in [3.05, 3.63) is 84.2 Å². The average Bonchev–Trinajstić information content (AvgIpc) is 2.75. The molecule has 1 aliphatic heterocycles. The maximum atomic E-state index is 12.6. The van der Waals surface area contributed by atoms with Gasteiger partial charge in [0.2, 0.25) is 0 Å². The Kier molecular flexibility index (Phi) is 5.24. The number of amides is 1. The standard InChI is InChI=1S/C23H24N4O/c1-18-6-5-7-20(14-18)25-23(28)19-15-22(17-24-16-19)27-12-10-26(11-13-27)21-8-3-2-4-9-21/h2-9,14-17H,10-13H2,1H3,(H,25,28). The van der Waals surface area contributed by atoms with Crippen LogP contribution in [0.25, 0.3) is 0 Å². The van der Waals surface area contributed by atoms with E-state index >= 15 is 0 Å². The van der Waals surface area contributed by atoms with Crippen molar-refractivity contribution in [2.45, 2.75) is 6.92 Å². The number of hydrogen-bond acceptors (Lipinski definition) is 4. The van der Waals surface area contributed by atoms with Crippen molar-refractivity contribution in [3.63, 3.8) is 0 Å². The highest BCUT2D eigenvalue weighted by Crippen LogP contribution is 2.21. The summed E-state index contributed by atoms with van der Waals surface area (Å²) in [5.41, 5.74) is 4.73. The Hall–Kier alpha value is -3.34. The van der Waals surface area contributed by atoms with Gasteiger partial charge in [-0.25, -0.2) is 0 Å². The largest absolute Gasteiger partial charge is 0.368 e. The summed E-state index contributed by atoms with van der Waals surface area (Å²) in [5.74, 6) is -0.136. The number of benzene rings is 2. The summed E-state index contributed by atoms with van der Waals surface area (Å²) in [5, 5.41) is 2.95. The Labute approximate surface area is 165 Å². The Morgan fingerprint density at radius 1 is 0.857 bits per heavy atom. The summed E-state index contributed by atoms with van der Waals surface area (Å²) >= 11 is 0. The van der Waals surface area contributed by atoms with Gasteiger partial charge in [-0.15, -0.1) is 0 Å². The molecule has 1 fully saturated rings. The van der Waals surface area contributed by atoms with Crippen molar-refractivity contribution in [1.82, 2.24) is 4.98 Å². The highest BCUT2D eigenvalue weighted by atomic mass is 16.1. The topological polar surface area (TPSA) is 48.5 Å². The molecule has 0 spiro atoms. The van der Waals surface area contributed by atoms with Crippen LogP contribution in [0.1, 0.15) is 15.9 Å². The van der Waals surface area contributed by atoms with Crippen LogP contribution >= 0.6 is 0 Å². The summed E-state index contributed by atoms with van der Waals surface area (Å²) in [7, 11) is 0. The number of aryl methyl sites for hydroxylation is 1. The number of nitrogens with zero attached hydrogens (tertiary/aromatic N) is 3. The molecule has 0 unspecified atom stereocenters. The van der Waals surface area contributed by atoms with E-state index in [0.717, 1.165) is 43.1 Å². The third-order valence-electron chi connectivity index (χ3n) is 5.03. The molecule has 142 valence electrons. The molecule has 5 nitrogen and oxygen atoms in total. The number of pyridine rings is 1. The third-order valence-corrected chi connectivity index (χ3v) is 5.03. The number of carbonyl (C=O) groups is 1. The zero-order chi connectivity index (χ0) is 19.3. The number of rotatable bonds is 4. The summed E-state index contributed by atoms with van der Waals surface area (Å²) in [6, 6.07) is 20.2. The lowest BCUT2D eigenvalue weighted by Crippen LogP contribution is -2.46. The van der Waals surface area contributed by atoms with E-state index in [1.165, 1.54) is 5.69 Å². The quantitative estimate of drug-likeness (QED) is 0.753. The second-order valence-electron chi connectivity index (χ2n) is 7.07. The van der Waals surface area contributed by atoms with Gasteiger partial charge in [0.1, 0.15) is 0 Å². The highest BCUT2D eigenvalue weighted by Gasteiger charge is 2.18. The fourth-order valence-corrected chi connectivity index (χ4v) is 3.51. The summed E-state index contributed by atoms with van der Waals surface area (Å²) in [4.78, 5) is 21.6. The minimum absolute atomic E-state index is 0.136. The lowest BCUT2D eigenvalue weighted by molar-refractivity contribution is 0.102. The molecule has 1 aromatic heterocycles. The minimum Gasteiger partial charge on any atom is -0.368 e. The third kappa shape index (κ3) is 4.14. The SMILES string of the molecule is Cc1cccc(NC(=O)c2cncc(N3CCN(c4ccccc4)CC3)c2)c1. The first kappa shape index (κ1) is 18.0. The van der Waals surface area contributed by atoms with Gasteiger partial charge in [-0.3, -0.25) is 9.78 Å². The van der Waals surface area contributed by atoms with Crippen molar-refractivity contribution < 1.29 is 4.79 Å². The molecule has 0 saturated carbocycles. The van der Waals surface area contributed by atoms with Crippen molar-refractivity contribution in [1.29, 1.82) is 0 Å².